The lowest BCUT2D eigenvalue weighted by Gasteiger charge is -2.09. The number of hydrogen-bond donors (Lipinski definition) is 1. The van der Waals surface area contributed by atoms with E-state index >= 15 is 0 Å². The zero-order valence-corrected chi connectivity index (χ0v) is 13.7. The molecule has 1 aliphatic carbocycles. The molecule has 5 heteroatoms. The topological polar surface area (TPSA) is 55.1 Å². The van der Waals surface area contributed by atoms with Crippen LogP contribution >= 0.6 is 11.8 Å². The summed E-state index contributed by atoms with van der Waals surface area (Å²) in [5, 5.41) is 7.05. The molecule has 0 spiro atoms. The zero-order chi connectivity index (χ0) is 15.5. The number of aryl methyl sites for hydroxylation is 1. The third kappa shape index (κ3) is 3.91. The summed E-state index contributed by atoms with van der Waals surface area (Å²) in [6.45, 7) is 3.99. The van der Waals surface area contributed by atoms with Gasteiger partial charge >= 0.3 is 0 Å². The third-order valence-electron chi connectivity index (χ3n) is 3.67. The Bertz CT molecular complexity index is 647. The van der Waals surface area contributed by atoms with Gasteiger partial charge in [-0.3, -0.25) is 4.79 Å². The molecule has 1 aromatic heterocycles. The minimum atomic E-state index is -0.0754. The van der Waals surface area contributed by atoms with Crippen LogP contribution in [0.25, 0.3) is 11.3 Å². The van der Waals surface area contributed by atoms with Gasteiger partial charge in [-0.05, 0) is 26.7 Å². The molecule has 1 heterocycles. The highest BCUT2D eigenvalue weighted by molar-refractivity contribution is 7.99. The maximum absolute atomic E-state index is 11.9. The Kier molecular flexibility index (Phi) is 4.52. The van der Waals surface area contributed by atoms with Crippen molar-refractivity contribution in [2.45, 2.75) is 43.7 Å². The van der Waals surface area contributed by atoms with Crippen LogP contribution in [0, 0.1) is 6.92 Å². The monoisotopic (exact) mass is 316 g/mol. The summed E-state index contributed by atoms with van der Waals surface area (Å²) in [6.07, 6.45) is 2.23. The molecule has 0 aliphatic heterocycles. The number of benzene rings is 1. The average molecular weight is 316 g/mol. The summed E-state index contributed by atoms with van der Waals surface area (Å²) in [6, 6.07) is 10.6. The van der Waals surface area contributed by atoms with Crippen LogP contribution in [0.1, 0.15) is 31.1 Å². The molecule has 0 bridgehead atoms. The number of carbonyl (C=O) groups is 1. The first-order chi connectivity index (χ1) is 10.6. The average Bonchev–Trinajstić information content (AvgIpc) is 3.20. The van der Waals surface area contributed by atoms with Crippen molar-refractivity contribution in [1.29, 1.82) is 0 Å². The zero-order valence-electron chi connectivity index (χ0n) is 12.8. The maximum Gasteiger partial charge on any atom is 0.233 e. The van der Waals surface area contributed by atoms with Crippen LogP contribution in [-0.2, 0) is 10.5 Å². The van der Waals surface area contributed by atoms with E-state index in [2.05, 4.69) is 29.5 Å². The quantitative estimate of drug-likeness (QED) is 0.885. The minimum absolute atomic E-state index is 0.0754. The molecule has 0 radical (unpaired) electrons. The third-order valence-corrected chi connectivity index (χ3v) is 4.84. The number of thioether (sulfide) groups is 1. The molecule has 1 amide bonds. The standard InChI is InChI=1S/C17H20N2O2S/c1-11-3-5-13(6-4-11)16-9-15(21-19-16)10-22-12(2)17(20)18-14-7-8-14/h3-6,9,12,14H,7-8,10H2,1-2H3,(H,18,20). The van der Waals surface area contributed by atoms with E-state index in [4.69, 9.17) is 4.52 Å². The minimum Gasteiger partial charge on any atom is -0.360 e. The Balaban J connectivity index is 1.55. The normalized spacial score (nSPS) is 15.5. The van der Waals surface area contributed by atoms with Crippen molar-refractivity contribution in [1.82, 2.24) is 10.5 Å². The molecule has 0 saturated heterocycles. The first-order valence-electron chi connectivity index (χ1n) is 7.56. The van der Waals surface area contributed by atoms with Gasteiger partial charge in [-0.2, -0.15) is 0 Å². The fourth-order valence-corrected chi connectivity index (χ4v) is 2.84. The first kappa shape index (κ1) is 15.2. The van der Waals surface area contributed by atoms with Crippen LogP contribution in [0.2, 0.25) is 0 Å². The smallest absolute Gasteiger partial charge is 0.233 e. The molecular formula is C17H20N2O2S. The van der Waals surface area contributed by atoms with Crippen molar-refractivity contribution in [3.8, 4) is 11.3 Å². The van der Waals surface area contributed by atoms with E-state index in [1.54, 1.807) is 11.8 Å². The number of carbonyl (C=O) groups excluding carboxylic acids is 1. The molecule has 3 rings (SSSR count). The molecular weight excluding hydrogens is 296 g/mol. The Morgan fingerprint density at radius 3 is 2.82 bits per heavy atom. The Morgan fingerprint density at radius 1 is 1.41 bits per heavy atom. The van der Waals surface area contributed by atoms with E-state index in [0.29, 0.717) is 11.8 Å². The van der Waals surface area contributed by atoms with E-state index < -0.39 is 0 Å². The first-order valence-corrected chi connectivity index (χ1v) is 8.61. The fraction of sp³-hybridized carbons (Fsp3) is 0.412. The maximum atomic E-state index is 11.9. The van der Waals surface area contributed by atoms with Crippen molar-refractivity contribution >= 4 is 17.7 Å². The van der Waals surface area contributed by atoms with Crippen molar-refractivity contribution in [2.24, 2.45) is 0 Å². The van der Waals surface area contributed by atoms with E-state index in [9.17, 15) is 4.79 Å². The lowest BCUT2D eigenvalue weighted by Crippen LogP contribution is -2.32. The summed E-state index contributed by atoms with van der Waals surface area (Å²) in [5.74, 6) is 1.57. The molecule has 1 N–H and O–H groups in total. The molecule has 1 aromatic carbocycles. The predicted molar refractivity (Wildman–Crippen MR) is 88.6 cm³/mol. The van der Waals surface area contributed by atoms with Crippen molar-refractivity contribution in [3.63, 3.8) is 0 Å². The SMILES string of the molecule is Cc1ccc(-c2cc(CSC(C)C(=O)NC3CC3)on2)cc1. The summed E-state index contributed by atoms with van der Waals surface area (Å²) in [7, 11) is 0. The lowest BCUT2D eigenvalue weighted by atomic mass is 10.1. The van der Waals surface area contributed by atoms with Gasteiger partial charge in [0.05, 0.1) is 11.0 Å². The Morgan fingerprint density at radius 2 is 2.14 bits per heavy atom. The predicted octanol–water partition coefficient (Wildman–Crippen LogP) is 3.55. The highest BCUT2D eigenvalue weighted by Crippen LogP contribution is 2.25. The van der Waals surface area contributed by atoms with Crippen LogP contribution in [0.3, 0.4) is 0 Å². The fourth-order valence-electron chi connectivity index (χ4n) is 2.07. The molecule has 1 aliphatic rings. The van der Waals surface area contributed by atoms with Crippen molar-refractivity contribution in [3.05, 3.63) is 41.7 Å². The van der Waals surface area contributed by atoms with Gasteiger partial charge in [0.15, 0.2) is 0 Å². The molecule has 4 nitrogen and oxygen atoms in total. The van der Waals surface area contributed by atoms with E-state index in [0.717, 1.165) is 29.9 Å². The molecule has 1 atom stereocenters. The lowest BCUT2D eigenvalue weighted by molar-refractivity contribution is -0.120. The van der Waals surface area contributed by atoms with Gasteiger partial charge in [-0.25, -0.2) is 0 Å². The molecule has 1 unspecified atom stereocenters. The summed E-state index contributed by atoms with van der Waals surface area (Å²) < 4.78 is 5.37. The molecule has 2 aromatic rings. The number of nitrogens with zero attached hydrogens (tertiary/aromatic N) is 1. The highest BCUT2D eigenvalue weighted by atomic mass is 32.2. The van der Waals surface area contributed by atoms with Crippen LogP contribution in [0.5, 0.6) is 0 Å². The van der Waals surface area contributed by atoms with Crippen LogP contribution in [0.15, 0.2) is 34.9 Å². The molecule has 1 fully saturated rings. The Hall–Kier alpha value is -1.75. The summed E-state index contributed by atoms with van der Waals surface area (Å²) in [5.41, 5.74) is 3.11. The van der Waals surface area contributed by atoms with Crippen molar-refractivity contribution < 1.29 is 9.32 Å². The van der Waals surface area contributed by atoms with E-state index in [-0.39, 0.29) is 11.2 Å². The second-order valence-electron chi connectivity index (χ2n) is 5.78. The number of aromatic nitrogens is 1. The van der Waals surface area contributed by atoms with Crippen LogP contribution in [0.4, 0.5) is 0 Å². The second kappa shape index (κ2) is 6.57. The van der Waals surface area contributed by atoms with Gasteiger partial charge in [0.25, 0.3) is 0 Å². The number of amides is 1. The van der Waals surface area contributed by atoms with Gasteiger partial charge in [0.1, 0.15) is 11.5 Å². The molecule has 22 heavy (non-hydrogen) atoms. The second-order valence-corrected chi connectivity index (χ2v) is 7.11. The highest BCUT2D eigenvalue weighted by Gasteiger charge is 2.25. The van der Waals surface area contributed by atoms with Gasteiger partial charge in [0.2, 0.25) is 5.91 Å². The van der Waals surface area contributed by atoms with Gasteiger partial charge in [-0.15, -0.1) is 11.8 Å². The number of rotatable bonds is 6. The van der Waals surface area contributed by atoms with E-state index in [1.807, 2.05) is 25.1 Å². The largest absolute Gasteiger partial charge is 0.360 e. The number of nitrogens with one attached hydrogen (secondary N) is 1. The van der Waals surface area contributed by atoms with Gasteiger partial charge < -0.3 is 9.84 Å². The molecule has 116 valence electrons. The van der Waals surface area contributed by atoms with Crippen LogP contribution < -0.4 is 5.32 Å². The molecule has 1 saturated carbocycles. The van der Waals surface area contributed by atoms with Crippen LogP contribution in [-0.4, -0.2) is 22.4 Å². The van der Waals surface area contributed by atoms with Crippen molar-refractivity contribution in [2.75, 3.05) is 0 Å². The van der Waals surface area contributed by atoms with E-state index in [1.165, 1.54) is 5.56 Å². The Labute approximate surface area is 134 Å². The van der Waals surface area contributed by atoms with Gasteiger partial charge in [-0.1, -0.05) is 35.0 Å². The summed E-state index contributed by atoms with van der Waals surface area (Å²) >= 11 is 1.57. The number of hydrogen-bond acceptors (Lipinski definition) is 4. The van der Waals surface area contributed by atoms with Gasteiger partial charge in [0, 0.05) is 17.7 Å². The summed E-state index contributed by atoms with van der Waals surface area (Å²) in [4.78, 5) is 11.9.